The summed E-state index contributed by atoms with van der Waals surface area (Å²) in [6, 6.07) is 58.1. The van der Waals surface area contributed by atoms with Gasteiger partial charge in [-0.25, -0.2) is 0 Å². The first-order chi connectivity index (χ1) is 23.3. The van der Waals surface area contributed by atoms with Crippen LogP contribution in [0, 0.1) is 0 Å². The molecule has 0 spiro atoms. The second-order valence-electron chi connectivity index (χ2n) is 12.3. The molecule has 2 heteroatoms. The third-order valence-corrected chi connectivity index (χ3v) is 12.0. The fraction of sp³-hybridized carbons (Fsp3) is 0. The van der Waals surface area contributed by atoms with E-state index in [0.717, 1.165) is 11.3 Å². The Hall–Kier alpha value is -5.53. The predicted molar refractivity (Wildman–Crippen MR) is 203 cm³/mol. The van der Waals surface area contributed by atoms with Crippen molar-refractivity contribution < 1.29 is 0 Å². The molecule has 10 rings (SSSR count). The molecule has 0 saturated carbocycles. The first kappa shape index (κ1) is 26.7. The molecule has 218 valence electrons. The Bertz CT molecular complexity index is 2860. The molecule has 0 radical (unpaired) electrons. The fourth-order valence-electron chi connectivity index (χ4n) is 7.44. The van der Waals surface area contributed by atoms with Gasteiger partial charge in [-0.15, -0.1) is 0 Å². The first-order valence-corrected chi connectivity index (χ1v) is 17.7. The second kappa shape index (κ2) is 10.5. The Morgan fingerprint density at radius 3 is 1.55 bits per heavy atom. The van der Waals surface area contributed by atoms with E-state index in [1.807, 2.05) is 0 Å². The van der Waals surface area contributed by atoms with Crippen molar-refractivity contribution in [3.05, 3.63) is 164 Å². The summed E-state index contributed by atoms with van der Waals surface area (Å²) in [7, 11) is 0. The summed E-state index contributed by atoms with van der Waals surface area (Å²) < 4.78 is 2.81. The number of fused-ring (bicyclic) bond motifs is 7. The van der Waals surface area contributed by atoms with Gasteiger partial charge in [0.05, 0.1) is 0 Å². The van der Waals surface area contributed by atoms with Crippen LogP contribution in [-0.4, -0.2) is 19.5 Å². The van der Waals surface area contributed by atoms with Gasteiger partial charge in [-0.1, -0.05) is 42.5 Å². The number of nitrogens with zero attached hydrogens (tertiary/aromatic N) is 1. The molecule has 0 unspecified atom stereocenters. The molecule has 0 saturated heterocycles. The smallest absolute Gasteiger partial charge is 0.0544 e. The van der Waals surface area contributed by atoms with Gasteiger partial charge in [0.1, 0.15) is 0 Å². The van der Waals surface area contributed by atoms with Crippen molar-refractivity contribution in [3.63, 3.8) is 0 Å². The maximum absolute atomic E-state index is 5.05. The van der Waals surface area contributed by atoms with Crippen molar-refractivity contribution in [1.29, 1.82) is 0 Å². The third kappa shape index (κ3) is 4.27. The second-order valence-corrected chi connectivity index (χ2v) is 14.6. The molecule has 47 heavy (non-hydrogen) atoms. The molecule has 10 aromatic rings. The zero-order valence-corrected chi connectivity index (χ0v) is 27.2. The van der Waals surface area contributed by atoms with E-state index in [2.05, 4.69) is 164 Å². The minimum absolute atomic E-state index is 0.303. The summed E-state index contributed by atoms with van der Waals surface area (Å²) in [5.74, 6) is 0. The molecule has 0 aliphatic carbocycles. The van der Waals surface area contributed by atoms with Crippen LogP contribution in [0.1, 0.15) is 0 Å². The van der Waals surface area contributed by atoms with Crippen molar-refractivity contribution >= 4 is 76.9 Å². The number of hydrogen-bond donors (Lipinski definition) is 0. The summed E-state index contributed by atoms with van der Waals surface area (Å²) in [6.07, 6.45) is 2.11. The van der Waals surface area contributed by atoms with Gasteiger partial charge in [0.2, 0.25) is 0 Å². The van der Waals surface area contributed by atoms with E-state index >= 15 is 0 Å². The van der Waals surface area contributed by atoms with Crippen LogP contribution in [0.5, 0.6) is 0 Å². The van der Waals surface area contributed by atoms with Crippen LogP contribution < -0.4 is 0 Å². The summed E-state index contributed by atoms with van der Waals surface area (Å²) in [5, 5.41) is 12.7. The summed E-state index contributed by atoms with van der Waals surface area (Å²) >= 11 is 0.303. The summed E-state index contributed by atoms with van der Waals surface area (Å²) in [6.45, 7) is 0. The molecular formula is C45H27NSe. The van der Waals surface area contributed by atoms with Gasteiger partial charge in [-0.3, -0.25) is 0 Å². The molecule has 0 amide bonds. The Kier molecular flexibility index (Phi) is 5.96. The Labute approximate surface area is 278 Å². The van der Waals surface area contributed by atoms with Crippen molar-refractivity contribution in [2.24, 2.45) is 0 Å². The molecule has 2 heterocycles. The number of hydrogen-bond acceptors (Lipinski definition) is 1. The monoisotopic (exact) mass is 661 g/mol. The molecular weight excluding hydrogens is 633 g/mol. The SMILES string of the molecule is c1ccc2cc(-c3c4ccccc4c(-c4ccc5ccccc5c4)c4cc(-c5cc6c(cn5)[se]c5ccccc56)ccc34)ccc2c1. The molecule has 0 aliphatic heterocycles. The minimum atomic E-state index is 0.303. The van der Waals surface area contributed by atoms with Crippen LogP contribution in [0.25, 0.3) is 95.9 Å². The molecule has 0 N–H and O–H groups in total. The number of benzene rings is 8. The van der Waals surface area contributed by atoms with Crippen LogP contribution in [0.15, 0.2) is 164 Å². The van der Waals surface area contributed by atoms with Crippen molar-refractivity contribution in [2.75, 3.05) is 0 Å². The van der Waals surface area contributed by atoms with Gasteiger partial charge in [0.25, 0.3) is 0 Å². The van der Waals surface area contributed by atoms with E-state index in [0.29, 0.717) is 14.5 Å². The average Bonchev–Trinajstić information content (AvgIpc) is 3.51. The predicted octanol–water partition coefficient (Wildman–Crippen LogP) is 12.1. The van der Waals surface area contributed by atoms with Crippen molar-refractivity contribution in [3.8, 4) is 33.5 Å². The third-order valence-electron chi connectivity index (χ3n) is 9.66. The van der Waals surface area contributed by atoms with E-state index in [9.17, 15) is 0 Å². The molecule has 0 fully saturated rings. The van der Waals surface area contributed by atoms with Crippen LogP contribution in [0.4, 0.5) is 0 Å². The van der Waals surface area contributed by atoms with E-state index in [-0.39, 0.29) is 0 Å². The first-order valence-electron chi connectivity index (χ1n) is 16.0. The van der Waals surface area contributed by atoms with Gasteiger partial charge in [0, 0.05) is 0 Å². The molecule has 0 atom stereocenters. The van der Waals surface area contributed by atoms with Crippen LogP contribution in [-0.2, 0) is 0 Å². The van der Waals surface area contributed by atoms with Gasteiger partial charge in [0.15, 0.2) is 0 Å². The zero-order valence-electron chi connectivity index (χ0n) is 25.4. The van der Waals surface area contributed by atoms with Gasteiger partial charge in [-0.05, 0) is 5.39 Å². The number of pyridine rings is 1. The Morgan fingerprint density at radius 2 is 0.872 bits per heavy atom. The van der Waals surface area contributed by atoms with E-state index in [4.69, 9.17) is 4.98 Å². The van der Waals surface area contributed by atoms with Gasteiger partial charge in [-0.2, -0.15) is 0 Å². The van der Waals surface area contributed by atoms with Crippen molar-refractivity contribution in [1.82, 2.24) is 4.98 Å². The number of rotatable bonds is 3. The molecule has 0 aliphatic rings. The summed E-state index contributed by atoms with van der Waals surface area (Å²) in [4.78, 5) is 5.05. The van der Waals surface area contributed by atoms with E-state index in [1.165, 1.54) is 84.6 Å². The summed E-state index contributed by atoms with van der Waals surface area (Å²) in [5.41, 5.74) is 7.16. The average molecular weight is 661 g/mol. The minimum Gasteiger partial charge on any atom is -0.0544 e. The standard InChI is InChI=1S/C45H27NSe/c1-3-11-30-23-33(19-17-28(30)9-1)44-36-14-5-6-15-37(36)45(34-20-18-29-10-2-4-12-31(29)24-34)40-25-32(21-22-38(40)44)41-26-39-35-13-7-8-16-42(35)47-43(39)27-46-41/h1-27H. The molecule has 1 nitrogen and oxygen atoms in total. The topological polar surface area (TPSA) is 12.9 Å². The van der Waals surface area contributed by atoms with E-state index in [1.54, 1.807) is 0 Å². The van der Waals surface area contributed by atoms with Crippen LogP contribution in [0.2, 0.25) is 0 Å². The van der Waals surface area contributed by atoms with Crippen molar-refractivity contribution in [2.45, 2.75) is 0 Å². The quantitative estimate of drug-likeness (QED) is 0.136. The van der Waals surface area contributed by atoms with Crippen LogP contribution in [0.3, 0.4) is 0 Å². The zero-order chi connectivity index (χ0) is 30.9. The van der Waals surface area contributed by atoms with Gasteiger partial charge < -0.3 is 0 Å². The Morgan fingerprint density at radius 1 is 0.340 bits per heavy atom. The van der Waals surface area contributed by atoms with Crippen LogP contribution >= 0.6 is 0 Å². The van der Waals surface area contributed by atoms with E-state index < -0.39 is 0 Å². The molecule has 2 aromatic heterocycles. The normalized spacial score (nSPS) is 11.8. The molecule has 8 aromatic carbocycles. The Balaban J connectivity index is 1.30. The number of aromatic nitrogens is 1. The fourth-order valence-corrected chi connectivity index (χ4v) is 9.65. The van der Waals surface area contributed by atoms with Gasteiger partial charge >= 0.3 is 231 Å². The molecule has 0 bridgehead atoms. The maximum atomic E-state index is 5.05.